The minimum Gasteiger partial charge on any atom is -0.495 e. The molecule has 34 heavy (non-hydrogen) atoms. The first-order valence-electron chi connectivity index (χ1n) is 10.8. The Labute approximate surface area is 206 Å². The van der Waals surface area contributed by atoms with Crippen molar-refractivity contribution in [2.45, 2.75) is 38.6 Å². The number of hydrogen-bond acceptors (Lipinski definition) is 4. The van der Waals surface area contributed by atoms with Crippen LogP contribution in [-0.4, -0.2) is 28.0 Å². The monoisotopic (exact) mass is 500 g/mol. The molecule has 0 spiro atoms. The molecule has 0 aliphatic rings. The molecule has 0 saturated carbocycles. The maximum atomic E-state index is 13.6. The zero-order chi connectivity index (χ0) is 25.0. The summed E-state index contributed by atoms with van der Waals surface area (Å²) in [6.07, 6.45) is 0. The second-order valence-electron chi connectivity index (χ2n) is 8.29. The van der Waals surface area contributed by atoms with Gasteiger partial charge in [0, 0.05) is 0 Å². The molecular weight excluding hydrogens is 472 g/mol. The molecule has 0 aliphatic heterocycles. The van der Waals surface area contributed by atoms with Crippen molar-refractivity contribution in [2.75, 3.05) is 18.0 Å². The topological polar surface area (TPSA) is 75.7 Å². The number of anilines is 1. The molecule has 0 bridgehead atoms. The van der Waals surface area contributed by atoms with E-state index in [2.05, 4.69) is 5.32 Å². The lowest BCUT2D eigenvalue weighted by Crippen LogP contribution is -2.41. The quantitative estimate of drug-likeness (QED) is 0.452. The van der Waals surface area contributed by atoms with Gasteiger partial charge in [-0.05, 0) is 69.2 Å². The summed E-state index contributed by atoms with van der Waals surface area (Å²) in [5, 5.41) is 3.17. The third-order valence-electron chi connectivity index (χ3n) is 5.59. The fourth-order valence-corrected chi connectivity index (χ4v) is 5.43. The highest BCUT2D eigenvalue weighted by Gasteiger charge is 2.28. The number of nitrogens with zero attached hydrogens (tertiary/aromatic N) is 1. The fourth-order valence-electron chi connectivity index (χ4n) is 3.77. The maximum Gasteiger partial charge on any atom is 0.264 e. The Morgan fingerprint density at radius 1 is 1.00 bits per heavy atom. The highest BCUT2D eigenvalue weighted by Crippen LogP contribution is 2.32. The molecule has 0 heterocycles. The van der Waals surface area contributed by atoms with Gasteiger partial charge in [-0.2, -0.15) is 0 Å². The van der Waals surface area contributed by atoms with E-state index in [9.17, 15) is 13.2 Å². The minimum absolute atomic E-state index is 0.0836. The molecule has 1 atom stereocenters. The van der Waals surface area contributed by atoms with E-state index >= 15 is 0 Å². The highest BCUT2D eigenvalue weighted by atomic mass is 35.5. The molecular formula is C26H29ClN2O4S. The van der Waals surface area contributed by atoms with Gasteiger partial charge in [0.05, 0.1) is 28.8 Å². The molecule has 3 aromatic carbocycles. The number of rotatable bonds is 8. The predicted octanol–water partition coefficient (Wildman–Crippen LogP) is 5.35. The van der Waals surface area contributed by atoms with E-state index in [0.29, 0.717) is 5.75 Å². The van der Waals surface area contributed by atoms with Crippen LogP contribution in [-0.2, 0) is 14.8 Å². The van der Waals surface area contributed by atoms with Crippen LogP contribution in [0.25, 0.3) is 0 Å². The predicted molar refractivity (Wildman–Crippen MR) is 136 cm³/mol. The van der Waals surface area contributed by atoms with Gasteiger partial charge in [-0.25, -0.2) is 8.42 Å². The third-order valence-corrected chi connectivity index (χ3v) is 7.67. The fraction of sp³-hybridized carbons (Fsp3) is 0.269. The van der Waals surface area contributed by atoms with E-state index < -0.39 is 22.5 Å². The summed E-state index contributed by atoms with van der Waals surface area (Å²) in [4.78, 5) is 13.1. The zero-order valence-corrected chi connectivity index (χ0v) is 21.5. The Kier molecular flexibility index (Phi) is 7.89. The number of sulfonamides is 1. The minimum atomic E-state index is -4.04. The Balaban J connectivity index is 1.94. The molecule has 3 rings (SSSR count). The van der Waals surface area contributed by atoms with Crippen LogP contribution >= 0.6 is 11.6 Å². The number of aryl methyl sites for hydroxylation is 3. The van der Waals surface area contributed by atoms with Crippen molar-refractivity contribution in [1.29, 1.82) is 0 Å². The normalized spacial score (nSPS) is 12.2. The highest BCUT2D eigenvalue weighted by molar-refractivity contribution is 7.92. The first-order valence-corrected chi connectivity index (χ1v) is 12.6. The van der Waals surface area contributed by atoms with Crippen LogP contribution in [0, 0.1) is 20.8 Å². The van der Waals surface area contributed by atoms with Crippen molar-refractivity contribution in [3.63, 3.8) is 0 Å². The van der Waals surface area contributed by atoms with Crippen LogP contribution in [0.3, 0.4) is 0 Å². The number of ether oxygens (including phenoxy) is 1. The van der Waals surface area contributed by atoms with Gasteiger partial charge in [0.2, 0.25) is 5.91 Å². The summed E-state index contributed by atoms with van der Waals surface area (Å²) >= 11 is 6.27. The molecule has 3 aromatic rings. The van der Waals surface area contributed by atoms with Gasteiger partial charge in [0.1, 0.15) is 12.3 Å². The standard InChI is InChI=1S/C26H29ClN2O4S/c1-17-6-10-22(11-7-17)34(31,32)29(21-9-13-25(33-5)24(27)15-21)16-26(30)28-20(4)23-12-8-18(2)14-19(23)3/h6-15,20H,16H2,1-5H3,(H,28,30)/t20-/m0/s1. The van der Waals surface area contributed by atoms with Crippen LogP contribution in [0.5, 0.6) is 5.75 Å². The average Bonchev–Trinajstić information content (AvgIpc) is 2.77. The van der Waals surface area contributed by atoms with E-state index in [0.717, 1.165) is 26.6 Å². The number of nitrogens with one attached hydrogen (secondary N) is 1. The Morgan fingerprint density at radius 2 is 1.65 bits per heavy atom. The zero-order valence-electron chi connectivity index (χ0n) is 19.9. The SMILES string of the molecule is COc1ccc(N(CC(=O)N[C@@H](C)c2ccc(C)cc2C)S(=O)(=O)c2ccc(C)cc2)cc1Cl. The second-order valence-corrected chi connectivity index (χ2v) is 10.6. The summed E-state index contributed by atoms with van der Waals surface area (Å²) in [6.45, 7) is 7.33. The molecule has 6 nitrogen and oxygen atoms in total. The molecule has 0 unspecified atom stereocenters. The van der Waals surface area contributed by atoms with Crippen molar-refractivity contribution >= 4 is 33.2 Å². The molecule has 8 heteroatoms. The van der Waals surface area contributed by atoms with Crippen LogP contribution < -0.4 is 14.4 Å². The molecule has 180 valence electrons. The molecule has 0 aliphatic carbocycles. The van der Waals surface area contributed by atoms with Crippen LogP contribution in [0.4, 0.5) is 5.69 Å². The number of hydrogen-bond donors (Lipinski definition) is 1. The lowest BCUT2D eigenvalue weighted by molar-refractivity contribution is -0.120. The van der Waals surface area contributed by atoms with Crippen molar-refractivity contribution in [3.8, 4) is 5.75 Å². The number of methoxy groups -OCH3 is 1. The number of carbonyl (C=O) groups is 1. The number of benzene rings is 3. The van der Waals surface area contributed by atoms with Crippen molar-refractivity contribution < 1.29 is 17.9 Å². The second kappa shape index (κ2) is 10.5. The van der Waals surface area contributed by atoms with Gasteiger partial charge < -0.3 is 10.1 Å². The van der Waals surface area contributed by atoms with E-state index in [1.165, 1.54) is 25.3 Å². The molecule has 1 N–H and O–H groups in total. The summed E-state index contributed by atoms with van der Waals surface area (Å²) in [5.74, 6) is -0.0267. The Hall–Kier alpha value is -3.03. The first-order chi connectivity index (χ1) is 16.0. The van der Waals surface area contributed by atoms with Gasteiger partial charge >= 0.3 is 0 Å². The van der Waals surface area contributed by atoms with Gasteiger partial charge in [0.25, 0.3) is 10.0 Å². The van der Waals surface area contributed by atoms with Crippen molar-refractivity contribution in [1.82, 2.24) is 5.32 Å². The lowest BCUT2D eigenvalue weighted by atomic mass is 10.0. The summed E-state index contributed by atoms with van der Waals surface area (Å²) in [6, 6.07) is 16.8. The Bertz CT molecular complexity index is 1290. The number of amides is 1. The summed E-state index contributed by atoms with van der Waals surface area (Å²) < 4.78 is 33.4. The van der Waals surface area contributed by atoms with E-state index in [4.69, 9.17) is 16.3 Å². The maximum absolute atomic E-state index is 13.6. The summed E-state index contributed by atoms with van der Waals surface area (Å²) in [7, 11) is -2.57. The van der Waals surface area contributed by atoms with Gasteiger partial charge in [-0.1, -0.05) is 53.1 Å². The number of halogens is 1. The largest absolute Gasteiger partial charge is 0.495 e. The number of carbonyl (C=O) groups excluding carboxylic acids is 1. The van der Waals surface area contributed by atoms with Gasteiger partial charge in [-0.3, -0.25) is 9.10 Å². The molecule has 0 saturated heterocycles. The van der Waals surface area contributed by atoms with E-state index in [1.807, 2.05) is 45.9 Å². The first kappa shape index (κ1) is 25.6. The third kappa shape index (κ3) is 5.72. The van der Waals surface area contributed by atoms with Crippen molar-refractivity contribution in [3.05, 3.63) is 87.9 Å². The van der Waals surface area contributed by atoms with E-state index in [-0.39, 0.29) is 21.6 Å². The lowest BCUT2D eigenvalue weighted by Gasteiger charge is -2.26. The average molecular weight is 501 g/mol. The van der Waals surface area contributed by atoms with Crippen LogP contribution in [0.2, 0.25) is 5.02 Å². The molecule has 1 amide bonds. The summed E-state index contributed by atoms with van der Waals surface area (Å²) in [5.41, 5.74) is 4.35. The van der Waals surface area contributed by atoms with Crippen LogP contribution in [0.1, 0.15) is 35.2 Å². The van der Waals surface area contributed by atoms with E-state index in [1.54, 1.807) is 24.3 Å². The Morgan fingerprint density at radius 3 is 2.24 bits per heavy atom. The molecule has 0 fully saturated rings. The van der Waals surface area contributed by atoms with Gasteiger partial charge in [-0.15, -0.1) is 0 Å². The molecule has 0 radical (unpaired) electrons. The van der Waals surface area contributed by atoms with Crippen molar-refractivity contribution in [2.24, 2.45) is 0 Å². The molecule has 0 aromatic heterocycles. The van der Waals surface area contributed by atoms with Gasteiger partial charge in [0.15, 0.2) is 0 Å². The smallest absolute Gasteiger partial charge is 0.264 e. The van der Waals surface area contributed by atoms with Crippen LogP contribution in [0.15, 0.2) is 65.6 Å².